The maximum absolute atomic E-state index is 12.6. The number of aliphatic hydroxyl groups excluding tert-OH is 1. The number of aliphatic hydroxyl groups is 1. The van der Waals surface area contributed by atoms with E-state index in [1.54, 1.807) is 0 Å². The van der Waals surface area contributed by atoms with Gasteiger partial charge in [-0.15, -0.1) is 0 Å². The summed E-state index contributed by atoms with van der Waals surface area (Å²) in [6.07, 6.45) is 31.8. The predicted molar refractivity (Wildman–Crippen MR) is 200 cm³/mol. The molecule has 2 unspecified atom stereocenters. The third-order valence-corrected chi connectivity index (χ3v) is 9.47. The zero-order chi connectivity index (χ0) is 34.6. The molecular formula is C41H81NO5. The number of unbranched alkanes of at least 4 members (excludes halogenated alkanes) is 19. The van der Waals surface area contributed by atoms with Gasteiger partial charge in [0.25, 0.3) is 0 Å². The number of esters is 2. The first-order chi connectivity index (χ1) is 23.0. The Balaban J connectivity index is 4.08. The Labute approximate surface area is 292 Å². The van der Waals surface area contributed by atoms with E-state index in [0.717, 1.165) is 103 Å². The van der Waals surface area contributed by atoms with Crippen LogP contribution in [-0.2, 0) is 19.1 Å². The highest BCUT2D eigenvalue weighted by Gasteiger charge is 2.14. The van der Waals surface area contributed by atoms with E-state index in [0.29, 0.717) is 19.4 Å². The van der Waals surface area contributed by atoms with Crippen LogP contribution in [0.2, 0.25) is 0 Å². The number of rotatable bonds is 37. The molecular weight excluding hydrogens is 586 g/mol. The van der Waals surface area contributed by atoms with Gasteiger partial charge in [-0.05, 0) is 77.3 Å². The molecule has 0 heterocycles. The molecule has 280 valence electrons. The fourth-order valence-electron chi connectivity index (χ4n) is 6.24. The van der Waals surface area contributed by atoms with Crippen LogP contribution in [0.3, 0.4) is 0 Å². The highest BCUT2D eigenvalue weighted by atomic mass is 16.5. The molecule has 0 amide bonds. The smallest absolute Gasteiger partial charge is 0.306 e. The first-order valence-corrected chi connectivity index (χ1v) is 20.7. The van der Waals surface area contributed by atoms with Crippen LogP contribution in [0, 0.1) is 0 Å². The molecule has 0 aromatic rings. The first-order valence-electron chi connectivity index (χ1n) is 20.7. The summed E-state index contributed by atoms with van der Waals surface area (Å²) < 4.78 is 11.3. The lowest BCUT2D eigenvalue weighted by Crippen LogP contribution is -2.33. The summed E-state index contributed by atoms with van der Waals surface area (Å²) in [5, 5.41) is 10.3. The van der Waals surface area contributed by atoms with E-state index < -0.39 is 0 Å². The Morgan fingerprint density at radius 2 is 0.957 bits per heavy atom. The van der Waals surface area contributed by atoms with Crippen molar-refractivity contribution in [3.63, 3.8) is 0 Å². The largest absolute Gasteiger partial charge is 0.466 e. The summed E-state index contributed by atoms with van der Waals surface area (Å²) in [6.45, 7) is 12.1. The molecule has 0 saturated heterocycles. The van der Waals surface area contributed by atoms with E-state index in [2.05, 4.69) is 25.7 Å². The average molecular weight is 668 g/mol. The Hall–Kier alpha value is -1.14. The lowest BCUT2D eigenvalue weighted by atomic mass is 10.0. The highest BCUT2D eigenvalue weighted by Crippen LogP contribution is 2.18. The summed E-state index contributed by atoms with van der Waals surface area (Å²) in [5.74, 6) is -0.0302. The fraction of sp³-hybridized carbons (Fsp3) is 0.951. The Morgan fingerprint density at radius 1 is 0.532 bits per heavy atom. The van der Waals surface area contributed by atoms with E-state index in [4.69, 9.17) is 9.47 Å². The van der Waals surface area contributed by atoms with Gasteiger partial charge < -0.3 is 19.5 Å². The van der Waals surface area contributed by atoms with Gasteiger partial charge >= 0.3 is 11.9 Å². The van der Waals surface area contributed by atoms with Crippen molar-refractivity contribution in [2.24, 2.45) is 0 Å². The fourth-order valence-corrected chi connectivity index (χ4v) is 6.24. The van der Waals surface area contributed by atoms with Gasteiger partial charge in [-0.3, -0.25) is 9.59 Å². The lowest BCUT2D eigenvalue weighted by molar-refractivity contribution is -0.150. The maximum atomic E-state index is 12.6. The molecule has 0 aliphatic carbocycles. The van der Waals surface area contributed by atoms with Gasteiger partial charge in [0.2, 0.25) is 0 Å². The molecule has 0 fully saturated rings. The third-order valence-electron chi connectivity index (χ3n) is 9.47. The van der Waals surface area contributed by atoms with Crippen molar-refractivity contribution >= 4 is 11.9 Å². The van der Waals surface area contributed by atoms with Crippen LogP contribution in [0.25, 0.3) is 0 Å². The van der Waals surface area contributed by atoms with Crippen molar-refractivity contribution < 1.29 is 24.2 Å². The van der Waals surface area contributed by atoms with E-state index in [9.17, 15) is 14.7 Å². The van der Waals surface area contributed by atoms with Gasteiger partial charge in [0, 0.05) is 19.4 Å². The zero-order valence-corrected chi connectivity index (χ0v) is 32.0. The molecule has 0 rings (SSSR count). The molecule has 0 aromatic carbocycles. The molecule has 0 spiro atoms. The number of nitrogens with zero attached hydrogens (tertiary/aromatic N) is 1. The molecule has 6 nitrogen and oxygen atoms in total. The zero-order valence-electron chi connectivity index (χ0n) is 32.0. The maximum Gasteiger partial charge on any atom is 0.306 e. The predicted octanol–water partition coefficient (Wildman–Crippen LogP) is 11.5. The van der Waals surface area contributed by atoms with Crippen molar-refractivity contribution in [2.45, 2.75) is 226 Å². The number of hydrogen-bond donors (Lipinski definition) is 1. The Bertz CT molecular complexity index is 672. The minimum atomic E-state index is -0.259. The van der Waals surface area contributed by atoms with Crippen LogP contribution in [0.15, 0.2) is 0 Å². The summed E-state index contributed by atoms with van der Waals surface area (Å²) in [6, 6.07) is 0. The highest BCUT2D eigenvalue weighted by molar-refractivity contribution is 5.69. The van der Waals surface area contributed by atoms with Crippen LogP contribution >= 0.6 is 0 Å². The van der Waals surface area contributed by atoms with E-state index >= 15 is 0 Å². The standard InChI is InChI=1S/C41H81NO5/c1-5-9-12-17-24-31-39(30-23-14-11-7-3)47-41(45)33-26-19-16-21-28-35-42(37-38(43)8-4)34-27-20-15-18-25-32-40(44)46-36-29-22-13-10-6-2/h38-39,43H,5-37H2,1-4H3. The second-order valence-corrected chi connectivity index (χ2v) is 14.2. The summed E-state index contributed by atoms with van der Waals surface area (Å²) in [5.41, 5.74) is 0. The van der Waals surface area contributed by atoms with E-state index in [1.807, 2.05) is 6.92 Å². The van der Waals surface area contributed by atoms with Crippen LogP contribution in [0.4, 0.5) is 0 Å². The van der Waals surface area contributed by atoms with Crippen LogP contribution in [0.1, 0.15) is 214 Å². The van der Waals surface area contributed by atoms with Crippen LogP contribution in [0.5, 0.6) is 0 Å². The minimum absolute atomic E-state index is 0.00637. The molecule has 0 saturated carbocycles. The second-order valence-electron chi connectivity index (χ2n) is 14.2. The minimum Gasteiger partial charge on any atom is -0.466 e. The molecule has 0 bridgehead atoms. The molecule has 47 heavy (non-hydrogen) atoms. The average Bonchev–Trinajstić information content (AvgIpc) is 3.06. The first kappa shape index (κ1) is 45.9. The van der Waals surface area contributed by atoms with Crippen molar-refractivity contribution in [3.8, 4) is 0 Å². The van der Waals surface area contributed by atoms with E-state index in [1.165, 1.54) is 89.9 Å². The number of carbonyl (C=O) groups excluding carboxylic acids is 2. The molecule has 6 heteroatoms. The summed E-state index contributed by atoms with van der Waals surface area (Å²) >= 11 is 0. The van der Waals surface area contributed by atoms with Crippen molar-refractivity contribution in [2.75, 3.05) is 26.2 Å². The molecule has 0 radical (unpaired) electrons. The van der Waals surface area contributed by atoms with Crippen molar-refractivity contribution in [3.05, 3.63) is 0 Å². The van der Waals surface area contributed by atoms with Gasteiger partial charge in [-0.1, -0.05) is 137 Å². The van der Waals surface area contributed by atoms with Crippen molar-refractivity contribution in [1.82, 2.24) is 4.90 Å². The van der Waals surface area contributed by atoms with Gasteiger partial charge in [-0.25, -0.2) is 0 Å². The quantitative estimate of drug-likeness (QED) is 0.0525. The summed E-state index contributed by atoms with van der Waals surface area (Å²) in [7, 11) is 0. The van der Waals surface area contributed by atoms with E-state index in [-0.39, 0.29) is 24.1 Å². The normalized spacial score (nSPS) is 12.8. The van der Waals surface area contributed by atoms with Gasteiger partial charge in [-0.2, -0.15) is 0 Å². The Morgan fingerprint density at radius 3 is 1.49 bits per heavy atom. The Kier molecular flexibility index (Phi) is 35.3. The SMILES string of the molecule is CCCCCCCOC(=O)CCCCCCCN(CCCCCCCC(=O)OC(CCCCCC)CCCCCCC)CC(O)CC. The van der Waals surface area contributed by atoms with Gasteiger partial charge in [0.15, 0.2) is 0 Å². The monoisotopic (exact) mass is 668 g/mol. The third kappa shape index (κ3) is 33.1. The molecule has 2 atom stereocenters. The number of hydrogen-bond acceptors (Lipinski definition) is 6. The number of ether oxygens (including phenoxy) is 2. The molecule has 0 aliphatic heterocycles. The second kappa shape index (κ2) is 36.1. The number of carbonyl (C=O) groups is 2. The molecule has 1 N–H and O–H groups in total. The lowest BCUT2D eigenvalue weighted by Gasteiger charge is -2.24. The van der Waals surface area contributed by atoms with Gasteiger partial charge in [0.05, 0.1) is 12.7 Å². The molecule has 0 aromatic heterocycles. The van der Waals surface area contributed by atoms with Crippen molar-refractivity contribution in [1.29, 1.82) is 0 Å². The molecule has 0 aliphatic rings. The van der Waals surface area contributed by atoms with Crippen LogP contribution in [-0.4, -0.2) is 60.4 Å². The van der Waals surface area contributed by atoms with Gasteiger partial charge in [0.1, 0.15) is 6.10 Å². The van der Waals surface area contributed by atoms with Crippen LogP contribution < -0.4 is 0 Å². The topological polar surface area (TPSA) is 76.1 Å². The summed E-state index contributed by atoms with van der Waals surface area (Å²) in [4.78, 5) is 27.0.